The summed E-state index contributed by atoms with van der Waals surface area (Å²) in [6, 6.07) is 15.2. The maximum absolute atomic E-state index is 14.1. The summed E-state index contributed by atoms with van der Waals surface area (Å²) in [4.78, 5) is 20.0. The van der Waals surface area contributed by atoms with Gasteiger partial charge in [0.2, 0.25) is 27.6 Å². The summed E-state index contributed by atoms with van der Waals surface area (Å²) in [7, 11) is -4.58. The Labute approximate surface area is 230 Å². The molecule has 40 heavy (non-hydrogen) atoms. The monoisotopic (exact) mass is 564 g/mol. The van der Waals surface area contributed by atoms with E-state index >= 15 is 0 Å². The van der Waals surface area contributed by atoms with Crippen molar-refractivity contribution in [1.29, 1.82) is 5.26 Å². The van der Waals surface area contributed by atoms with Gasteiger partial charge in [0, 0.05) is 12.0 Å². The number of unbranched alkanes of at least 4 members (excludes halogenated alkanes) is 1. The fourth-order valence-corrected chi connectivity index (χ4v) is 5.90. The fraction of sp³-hybridized carbons (Fsp3) is 0.241. The summed E-state index contributed by atoms with van der Waals surface area (Å²) in [5, 5.41) is 20.1. The van der Waals surface area contributed by atoms with Gasteiger partial charge in [-0.05, 0) is 60.4 Å². The van der Waals surface area contributed by atoms with E-state index < -0.39 is 44.1 Å². The minimum absolute atomic E-state index is 0.0390. The largest absolute Gasteiger partial charge is 0.492 e. The highest BCUT2D eigenvalue weighted by atomic mass is 32.2. The number of aromatic hydroxyl groups is 1. The number of halogens is 2. The number of hydrogen-bond acceptors (Lipinski definition) is 7. The van der Waals surface area contributed by atoms with Gasteiger partial charge >= 0.3 is 0 Å². The number of sulfone groups is 1. The second-order valence-corrected chi connectivity index (χ2v) is 11.0. The number of rotatable bonds is 9. The van der Waals surface area contributed by atoms with Crippen LogP contribution in [0.25, 0.3) is 11.1 Å². The van der Waals surface area contributed by atoms with E-state index in [2.05, 4.69) is 16.0 Å². The molecule has 0 aliphatic rings. The lowest BCUT2D eigenvalue weighted by molar-refractivity contribution is 0.406. The lowest BCUT2D eigenvalue weighted by atomic mass is 10.0. The van der Waals surface area contributed by atoms with Crippen molar-refractivity contribution in [2.75, 3.05) is 0 Å². The van der Waals surface area contributed by atoms with Gasteiger partial charge in [-0.15, -0.1) is 0 Å². The molecule has 0 amide bonds. The van der Waals surface area contributed by atoms with Crippen molar-refractivity contribution >= 4 is 9.84 Å². The molecule has 1 atom stereocenters. The highest BCUT2D eigenvalue weighted by Gasteiger charge is 2.31. The predicted molar refractivity (Wildman–Crippen MR) is 143 cm³/mol. The first kappa shape index (κ1) is 28.6. The molecule has 0 spiro atoms. The lowest BCUT2D eigenvalue weighted by Gasteiger charge is -2.23. The Bertz CT molecular complexity index is 1760. The number of nitrogens with zero attached hydrogens (tertiary/aromatic N) is 4. The summed E-state index contributed by atoms with van der Waals surface area (Å²) < 4.78 is 56.0. The maximum atomic E-state index is 14.1. The van der Waals surface area contributed by atoms with Crippen LogP contribution in [0.15, 0.2) is 75.2 Å². The number of nitriles is 1. The zero-order valence-corrected chi connectivity index (χ0v) is 22.6. The van der Waals surface area contributed by atoms with Crippen LogP contribution in [-0.2, 0) is 16.3 Å². The van der Waals surface area contributed by atoms with Crippen LogP contribution in [0.2, 0.25) is 0 Å². The molecule has 4 rings (SSSR count). The quantitative estimate of drug-likeness (QED) is 0.272. The smallest absolute Gasteiger partial charge is 0.277 e. The van der Waals surface area contributed by atoms with E-state index in [1.807, 2.05) is 13.8 Å². The number of pyridine rings is 1. The van der Waals surface area contributed by atoms with Gasteiger partial charge in [0.05, 0.1) is 22.6 Å². The lowest BCUT2D eigenvalue weighted by Crippen LogP contribution is -2.33. The van der Waals surface area contributed by atoms with Crippen LogP contribution in [0.1, 0.15) is 56.1 Å². The van der Waals surface area contributed by atoms with E-state index in [0.717, 1.165) is 24.6 Å². The van der Waals surface area contributed by atoms with Crippen LogP contribution in [0.3, 0.4) is 0 Å². The zero-order chi connectivity index (χ0) is 29.0. The molecule has 0 unspecified atom stereocenters. The summed E-state index contributed by atoms with van der Waals surface area (Å²) in [5.41, 5.74) is 0.263. The van der Waals surface area contributed by atoms with Crippen molar-refractivity contribution < 1.29 is 22.3 Å². The molecule has 0 saturated carbocycles. The molecule has 8 nitrogen and oxygen atoms in total. The third-order valence-electron chi connectivity index (χ3n) is 6.54. The Morgan fingerprint density at radius 3 is 2.40 bits per heavy atom. The SMILES string of the molecule is CCCCc1nc(O)c(S(=O)(=O)c2ccc(-c3ccc(F)nc3F)cc2)c(=O)n1[C@@H](CC)c1cccc(C#N)c1. The topological polar surface area (TPSA) is 126 Å². The summed E-state index contributed by atoms with van der Waals surface area (Å²) in [6.07, 6.45) is 2.11. The Morgan fingerprint density at radius 2 is 1.77 bits per heavy atom. The highest BCUT2D eigenvalue weighted by Crippen LogP contribution is 2.30. The normalized spacial score (nSPS) is 12.2. The van der Waals surface area contributed by atoms with Crippen LogP contribution in [0, 0.1) is 23.2 Å². The summed E-state index contributed by atoms with van der Waals surface area (Å²) >= 11 is 0. The van der Waals surface area contributed by atoms with Crippen LogP contribution in [-0.4, -0.2) is 28.1 Å². The van der Waals surface area contributed by atoms with E-state index in [-0.39, 0.29) is 21.8 Å². The molecule has 0 saturated heterocycles. The molecule has 4 aromatic rings. The minimum Gasteiger partial charge on any atom is -0.492 e. The van der Waals surface area contributed by atoms with Gasteiger partial charge in [0.1, 0.15) is 5.82 Å². The first-order chi connectivity index (χ1) is 19.1. The summed E-state index contributed by atoms with van der Waals surface area (Å²) in [5.74, 6) is -2.74. The zero-order valence-electron chi connectivity index (χ0n) is 21.8. The molecular weight excluding hydrogens is 538 g/mol. The molecule has 2 heterocycles. The van der Waals surface area contributed by atoms with Crippen molar-refractivity contribution in [2.45, 2.75) is 55.4 Å². The minimum atomic E-state index is -4.58. The molecule has 206 valence electrons. The van der Waals surface area contributed by atoms with E-state index in [1.165, 1.54) is 22.8 Å². The molecule has 2 aromatic heterocycles. The number of hydrogen-bond donors (Lipinski definition) is 1. The Hall–Kier alpha value is -4.43. The number of benzene rings is 2. The fourth-order valence-electron chi connectivity index (χ4n) is 4.56. The molecule has 0 fully saturated rings. The van der Waals surface area contributed by atoms with Crippen LogP contribution in [0.5, 0.6) is 5.88 Å². The van der Waals surface area contributed by atoms with Crippen molar-refractivity contribution in [3.8, 4) is 23.1 Å². The highest BCUT2D eigenvalue weighted by molar-refractivity contribution is 7.91. The van der Waals surface area contributed by atoms with Gasteiger partial charge in [-0.3, -0.25) is 9.36 Å². The molecule has 0 aliphatic heterocycles. The van der Waals surface area contributed by atoms with Crippen LogP contribution < -0.4 is 5.56 Å². The number of aromatic nitrogens is 3. The van der Waals surface area contributed by atoms with E-state index in [4.69, 9.17) is 0 Å². The molecule has 1 N–H and O–H groups in total. The Balaban J connectivity index is 1.87. The average molecular weight is 565 g/mol. The second-order valence-electron chi connectivity index (χ2n) is 9.12. The summed E-state index contributed by atoms with van der Waals surface area (Å²) in [6.45, 7) is 3.77. The Morgan fingerprint density at radius 1 is 1.05 bits per heavy atom. The molecule has 11 heteroatoms. The van der Waals surface area contributed by atoms with Crippen molar-refractivity contribution in [3.05, 3.63) is 99.9 Å². The van der Waals surface area contributed by atoms with Gasteiger partial charge in [-0.1, -0.05) is 44.5 Å². The van der Waals surface area contributed by atoms with Gasteiger partial charge in [-0.2, -0.15) is 24.0 Å². The molecule has 0 aliphatic carbocycles. The van der Waals surface area contributed by atoms with Crippen molar-refractivity contribution in [2.24, 2.45) is 0 Å². The molecule has 0 radical (unpaired) electrons. The second kappa shape index (κ2) is 11.8. The Kier molecular flexibility index (Phi) is 8.40. The average Bonchev–Trinajstić information content (AvgIpc) is 2.93. The van der Waals surface area contributed by atoms with Crippen molar-refractivity contribution in [1.82, 2.24) is 14.5 Å². The molecule has 0 bridgehead atoms. The van der Waals surface area contributed by atoms with E-state index in [9.17, 15) is 32.4 Å². The molecular formula is C29H26F2N4O4S. The van der Waals surface area contributed by atoms with Crippen molar-refractivity contribution in [3.63, 3.8) is 0 Å². The van der Waals surface area contributed by atoms with Gasteiger partial charge in [-0.25, -0.2) is 8.42 Å². The van der Waals surface area contributed by atoms with E-state index in [1.54, 1.807) is 24.3 Å². The van der Waals surface area contributed by atoms with Gasteiger partial charge < -0.3 is 5.11 Å². The van der Waals surface area contributed by atoms with Crippen LogP contribution >= 0.6 is 0 Å². The van der Waals surface area contributed by atoms with Crippen LogP contribution in [0.4, 0.5) is 8.78 Å². The number of aryl methyl sites for hydroxylation is 1. The maximum Gasteiger partial charge on any atom is 0.277 e. The van der Waals surface area contributed by atoms with E-state index in [0.29, 0.717) is 30.4 Å². The standard InChI is InChI=1S/C29H26F2N4O4S/c1-3-5-9-25-34-28(36)26(29(37)35(25)23(4-2)20-8-6-7-18(16-20)17-32)40(38,39)21-12-10-19(11-13-21)22-14-15-24(30)33-27(22)31/h6-8,10-16,23,36H,3-5,9H2,1-2H3/t23-/m0/s1. The predicted octanol–water partition coefficient (Wildman–Crippen LogP) is 5.34. The first-order valence-electron chi connectivity index (χ1n) is 12.6. The van der Waals surface area contributed by atoms with Gasteiger partial charge in [0.15, 0.2) is 4.90 Å². The third-order valence-corrected chi connectivity index (χ3v) is 8.33. The van der Waals surface area contributed by atoms with Gasteiger partial charge in [0.25, 0.3) is 5.56 Å². The third kappa shape index (κ3) is 5.49. The first-order valence-corrected chi connectivity index (χ1v) is 14.1. The molecule has 2 aromatic carbocycles.